The molecule has 1 amide bonds. The zero-order valence-corrected chi connectivity index (χ0v) is 29.1. The van der Waals surface area contributed by atoms with Crippen LogP contribution < -0.4 is 14.8 Å². The molecule has 6 aromatic rings. The minimum atomic E-state index is -4.38. The van der Waals surface area contributed by atoms with E-state index in [0.717, 1.165) is 16.8 Å². The highest BCUT2D eigenvalue weighted by atomic mass is 35.5. The Morgan fingerprint density at radius 2 is 1.43 bits per heavy atom. The van der Waals surface area contributed by atoms with E-state index >= 15 is 0 Å². The van der Waals surface area contributed by atoms with Crippen molar-refractivity contribution in [3.63, 3.8) is 0 Å². The van der Waals surface area contributed by atoms with Gasteiger partial charge in [0.05, 0.1) is 37.2 Å². The van der Waals surface area contributed by atoms with Crippen LogP contribution in [-0.4, -0.2) is 48.5 Å². The Kier molecular flexibility index (Phi) is 10.5. The van der Waals surface area contributed by atoms with Crippen LogP contribution in [0.25, 0.3) is 10.9 Å². The van der Waals surface area contributed by atoms with E-state index in [1.54, 1.807) is 87.0 Å². The summed E-state index contributed by atoms with van der Waals surface area (Å²) in [6.45, 7) is -0.0445. The summed E-state index contributed by atoms with van der Waals surface area (Å²) in [5.41, 5.74) is 2.31. The number of sulfonamides is 1. The minimum absolute atomic E-state index is 0.0222. The molecular formula is C38H32ClFN4O6S. The number of rotatable bonds is 12. The lowest BCUT2D eigenvalue weighted by Gasteiger charge is -2.24. The lowest BCUT2D eigenvalue weighted by molar-refractivity contribution is -0.115. The number of fused-ring (bicyclic) bond motifs is 1. The Labute approximate surface area is 299 Å². The molecule has 0 aliphatic heterocycles. The number of amides is 1. The predicted molar refractivity (Wildman–Crippen MR) is 192 cm³/mol. The number of ether oxygens (including phenoxy) is 2. The first-order valence-corrected chi connectivity index (χ1v) is 17.5. The Morgan fingerprint density at radius 1 is 0.843 bits per heavy atom. The summed E-state index contributed by atoms with van der Waals surface area (Å²) in [4.78, 5) is 26.7. The molecule has 0 atom stereocenters. The van der Waals surface area contributed by atoms with Crippen LogP contribution in [0.4, 0.5) is 10.1 Å². The summed E-state index contributed by atoms with van der Waals surface area (Å²) in [7, 11) is -1.29. The molecule has 6 rings (SSSR count). The molecule has 1 heterocycles. The second-order valence-electron chi connectivity index (χ2n) is 11.6. The number of nitrogens with zero attached hydrogens (tertiary/aromatic N) is 3. The summed E-state index contributed by atoms with van der Waals surface area (Å²) in [5, 5.41) is 7.59. The van der Waals surface area contributed by atoms with Crippen LogP contribution in [-0.2, 0) is 34.3 Å². The molecular weight excluding hydrogens is 695 g/mol. The second-order valence-corrected chi connectivity index (χ2v) is 13.9. The molecule has 0 bridgehead atoms. The van der Waals surface area contributed by atoms with Crippen LogP contribution in [0.3, 0.4) is 0 Å². The van der Waals surface area contributed by atoms with Crippen LogP contribution in [0.5, 0.6) is 11.5 Å². The van der Waals surface area contributed by atoms with Crippen molar-refractivity contribution in [1.29, 1.82) is 0 Å². The fourth-order valence-electron chi connectivity index (χ4n) is 5.51. The van der Waals surface area contributed by atoms with Gasteiger partial charge in [-0.15, -0.1) is 0 Å². The number of benzene rings is 5. The standard InChI is InChI=1S/C38H32ClFN4O6S/c1-49-31-15-7-25(8-16-31)23-43(24-26-9-17-32(50-2)18-10-26)51(47,48)36-21-30(42-37(45)19-28-5-3-4-6-34(28)39)20-35-33(36)22-41-44(35)38(46)27-11-13-29(40)14-12-27/h3-18,20-22H,19,23-24H2,1-2H3,(H,42,45). The van der Waals surface area contributed by atoms with E-state index in [2.05, 4.69) is 10.4 Å². The van der Waals surface area contributed by atoms with Crippen molar-refractivity contribution in [3.8, 4) is 11.5 Å². The Morgan fingerprint density at radius 3 is 2.00 bits per heavy atom. The average molecular weight is 727 g/mol. The summed E-state index contributed by atoms with van der Waals surface area (Å²) in [5.74, 6) is -0.384. The van der Waals surface area contributed by atoms with Gasteiger partial charge in [0.15, 0.2) is 0 Å². The lowest BCUT2D eigenvalue weighted by Crippen LogP contribution is -2.30. The average Bonchev–Trinajstić information content (AvgIpc) is 3.56. The van der Waals surface area contributed by atoms with E-state index < -0.39 is 27.7 Å². The first-order chi connectivity index (χ1) is 24.5. The summed E-state index contributed by atoms with van der Waals surface area (Å²) >= 11 is 6.29. The minimum Gasteiger partial charge on any atom is -0.497 e. The molecule has 0 unspecified atom stereocenters. The van der Waals surface area contributed by atoms with Gasteiger partial charge in [0.1, 0.15) is 17.3 Å². The number of hydrogen-bond acceptors (Lipinski definition) is 7. The molecule has 1 aromatic heterocycles. The zero-order chi connectivity index (χ0) is 36.1. The molecule has 0 aliphatic rings. The van der Waals surface area contributed by atoms with Crippen molar-refractivity contribution in [2.75, 3.05) is 19.5 Å². The van der Waals surface area contributed by atoms with Gasteiger partial charge in [-0.2, -0.15) is 14.1 Å². The monoisotopic (exact) mass is 726 g/mol. The molecule has 0 spiro atoms. The van der Waals surface area contributed by atoms with Crippen LogP contribution in [0, 0.1) is 5.82 Å². The largest absolute Gasteiger partial charge is 0.497 e. The summed E-state index contributed by atoms with van der Waals surface area (Å²) < 4.78 is 56.3. The number of anilines is 1. The number of hydrogen-bond donors (Lipinski definition) is 1. The molecule has 260 valence electrons. The third-order valence-electron chi connectivity index (χ3n) is 8.18. The second kappa shape index (κ2) is 15.1. The zero-order valence-electron chi connectivity index (χ0n) is 27.5. The highest BCUT2D eigenvalue weighted by Gasteiger charge is 2.30. The quantitative estimate of drug-likeness (QED) is 0.143. The molecule has 0 radical (unpaired) electrons. The van der Waals surface area contributed by atoms with Gasteiger partial charge in [-0.1, -0.05) is 54.1 Å². The predicted octanol–water partition coefficient (Wildman–Crippen LogP) is 7.11. The van der Waals surface area contributed by atoms with Crippen molar-refractivity contribution >= 4 is 50.0 Å². The third-order valence-corrected chi connectivity index (χ3v) is 10.4. The maximum atomic E-state index is 14.8. The van der Waals surface area contributed by atoms with E-state index in [9.17, 15) is 22.4 Å². The third kappa shape index (κ3) is 7.93. The van der Waals surface area contributed by atoms with Gasteiger partial charge < -0.3 is 14.8 Å². The molecule has 0 fully saturated rings. The molecule has 10 nitrogen and oxygen atoms in total. The van der Waals surface area contributed by atoms with Crippen molar-refractivity contribution in [1.82, 2.24) is 14.1 Å². The van der Waals surface area contributed by atoms with E-state index in [4.69, 9.17) is 21.1 Å². The number of carbonyl (C=O) groups is 2. The smallest absolute Gasteiger partial charge is 0.278 e. The van der Waals surface area contributed by atoms with Crippen molar-refractivity contribution in [2.24, 2.45) is 0 Å². The van der Waals surface area contributed by atoms with Crippen molar-refractivity contribution in [2.45, 2.75) is 24.4 Å². The van der Waals surface area contributed by atoms with Crippen LogP contribution >= 0.6 is 11.6 Å². The van der Waals surface area contributed by atoms with Crippen LogP contribution in [0.2, 0.25) is 5.02 Å². The van der Waals surface area contributed by atoms with Gasteiger partial charge >= 0.3 is 0 Å². The molecule has 0 saturated heterocycles. The van der Waals surface area contributed by atoms with E-state index in [0.29, 0.717) is 33.2 Å². The van der Waals surface area contributed by atoms with Gasteiger partial charge in [-0.05, 0) is 83.4 Å². The molecule has 0 aliphatic carbocycles. The van der Waals surface area contributed by atoms with Gasteiger partial charge in [0, 0.05) is 34.7 Å². The number of aromatic nitrogens is 2. The summed E-state index contributed by atoms with van der Waals surface area (Å²) in [6.07, 6.45) is 1.20. The Hall–Kier alpha value is -5.56. The number of carbonyl (C=O) groups excluding carboxylic acids is 2. The number of nitrogens with one attached hydrogen (secondary N) is 1. The maximum absolute atomic E-state index is 14.8. The normalized spacial score (nSPS) is 11.5. The van der Waals surface area contributed by atoms with Crippen molar-refractivity contribution in [3.05, 3.63) is 148 Å². The van der Waals surface area contributed by atoms with Gasteiger partial charge in [0.2, 0.25) is 15.9 Å². The fraction of sp³-hybridized carbons (Fsp3) is 0.132. The molecule has 51 heavy (non-hydrogen) atoms. The molecule has 13 heteroatoms. The fourth-order valence-corrected chi connectivity index (χ4v) is 7.34. The van der Waals surface area contributed by atoms with Gasteiger partial charge in [-0.3, -0.25) is 9.59 Å². The summed E-state index contributed by atoms with van der Waals surface area (Å²) in [6, 6.07) is 28.7. The highest BCUT2D eigenvalue weighted by molar-refractivity contribution is 7.89. The molecule has 1 N–H and O–H groups in total. The number of methoxy groups -OCH3 is 2. The Balaban J connectivity index is 1.46. The molecule has 0 saturated carbocycles. The lowest BCUT2D eigenvalue weighted by atomic mass is 10.1. The molecule has 5 aromatic carbocycles. The van der Waals surface area contributed by atoms with Crippen LogP contribution in [0.1, 0.15) is 27.0 Å². The SMILES string of the molecule is COc1ccc(CN(Cc2ccc(OC)cc2)S(=O)(=O)c2cc(NC(=O)Cc3ccccc3Cl)cc3c2cnn3C(=O)c2ccc(F)cc2)cc1. The van der Waals surface area contributed by atoms with E-state index in [1.807, 2.05) is 0 Å². The van der Waals surface area contributed by atoms with Gasteiger partial charge in [0.25, 0.3) is 5.91 Å². The first-order valence-electron chi connectivity index (χ1n) is 15.7. The van der Waals surface area contributed by atoms with Crippen LogP contribution in [0.15, 0.2) is 120 Å². The van der Waals surface area contributed by atoms with E-state index in [-0.39, 0.29) is 46.6 Å². The topological polar surface area (TPSA) is 120 Å². The number of halogens is 2. The maximum Gasteiger partial charge on any atom is 0.278 e. The van der Waals surface area contributed by atoms with Crippen molar-refractivity contribution < 1.29 is 31.9 Å². The first kappa shape index (κ1) is 35.3. The Bertz CT molecular complexity index is 2260. The van der Waals surface area contributed by atoms with E-state index in [1.165, 1.54) is 34.8 Å². The highest BCUT2D eigenvalue weighted by Crippen LogP contribution is 2.33. The van der Waals surface area contributed by atoms with Gasteiger partial charge in [-0.25, -0.2) is 12.8 Å².